The van der Waals surface area contributed by atoms with Gasteiger partial charge in [0.05, 0.1) is 6.20 Å². The Labute approximate surface area is 171 Å². The molecule has 10 heteroatoms. The van der Waals surface area contributed by atoms with Crippen molar-refractivity contribution in [3.63, 3.8) is 0 Å². The van der Waals surface area contributed by atoms with Crippen LogP contribution in [-0.2, 0) is 24.8 Å². The number of fused-ring (bicyclic) bond motifs is 1. The smallest absolute Gasteiger partial charge is 0.323 e. The molecule has 3 heterocycles. The Hall–Kier alpha value is -3.56. The third-order valence-corrected chi connectivity index (χ3v) is 5.26. The lowest BCUT2D eigenvalue weighted by Crippen LogP contribution is -2.53. The fourth-order valence-electron chi connectivity index (χ4n) is 3.52. The molecule has 3 amide bonds. The molecule has 1 aliphatic rings. The number of rotatable bonds is 6. The van der Waals surface area contributed by atoms with Crippen molar-refractivity contribution < 1.29 is 14.0 Å². The first-order chi connectivity index (χ1) is 14.4. The number of aromatic nitrogens is 4. The van der Waals surface area contributed by atoms with Crippen LogP contribution in [0.3, 0.4) is 0 Å². The van der Waals surface area contributed by atoms with Crippen LogP contribution in [0.4, 0.5) is 9.18 Å². The van der Waals surface area contributed by atoms with Gasteiger partial charge in [0.2, 0.25) is 5.91 Å². The lowest BCUT2D eigenvalue weighted by Gasteiger charge is -2.34. The molecule has 0 aliphatic carbocycles. The number of hydrogen-bond donors (Lipinski definition) is 0. The van der Waals surface area contributed by atoms with Crippen LogP contribution in [0.5, 0.6) is 0 Å². The molecular weight excluding hydrogens is 391 g/mol. The average Bonchev–Trinajstić information content (AvgIpc) is 3.11. The molecule has 9 nitrogen and oxygen atoms in total. The summed E-state index contributed by atoms with van der Waals surface area (Å²) in [5, 5.41) is 4.41. The van der Waals surface area contributed by atoms with E-state index in [1.54, 1.807) is 24.1 Å². The van der Waals surface area contributed by atoms with Crippen molar-refractivity contribution in [2.24, 2.45) is 7.05 Å². The SMILES string of the molecule is Cn1ncc2c(=O)n(CCN3C(=O)CCN(CCc4ccc(F)cc4)C3=O)cnc21. The van der Waals surface area contributed by atoms with Crippen molar-refractivity contribution in [2.45, 2.75) is 19.4 Å². The number of halogens is 1. The maximum absolute atomic E-state index is 13.0. The van der Waals surface area contributed by atoms with Crippen molar-refractivity contribution in [1.29, 1.82) is 0 Å². The van der Waals surface area contributed by atoms with Crippen molar-refractivity contribution >= 4 is 23.0 Å². The quantitative estimate of drug-likeness (QED) is 0.606. The summed E-state index contributed by atoms with van der Waals surface area (Å²) in [5.41, 5.74) is 1.13. The molecular formula is C20H21FN6O3. The first-order valence-corrected chi connectivity index (χ1v) is 9.65. The van der Waals surface area contributed by atoms with Crippen molar-refractivity contribution in [3.8, 4) is 0 Å². The molecule has 0 atom stereocenters. The van der Waals surface area contributed by atoms with E-state index >= 15 is 0 Å². The van der Waals surface area contributed by atoms with Crippen LogP contribution in [0.25, 0.3) is 11.0 Å². The molecule has 1 aliphatic heterocycles. The summed E-state index contributed by atoms with van der Waals surface area (Å²) >= 11 is 0. The highest BCUT2D eigenvalue weighted by Crippen LogP contribution is 2.13. The summed E-state index contributed by atoms with van der Waals surface area (Å²) < 4.78 is 15.9. The number of amides is 3. The molecule has 4 rings (SSSR count). The summed E-state index contributed by atoms with van der Waals surface area (Å²) in [6.07, 6.45) is 3.64. The molecule has 156 valence electrons. The van der Waals surface area contributed by atoms with Gasteiger partial charge in [0.25, 0.3) is 5.56 Å². The number of carbonyl (C=O) groups excluding carboxylic acids is 2. The van der Waals surface area contributed by atoms with Gasteiger partial charge < -0.3 is 4.90 Å². The Kier molecular flexibility index (Phi) is 5.30. The zero-order valence-corrected chi connectivity index (χ0v) is 16.5. The molecule has 0 bridgehead atoms. The molecule has 0 N–H and O–H groups in total. The fraction of sp³-hybridized carbons (Fsp3) is 0.350. The van der Waals surface area contributed by atoms with E-state index in [4.69, 9.17) is 0 Å². The van der Waals surface area contributed by atoms with E-state index in [1.165, 1.54) is 38.8 Å². The third kappa shape index (κ3) is 3.80. The van der Waals surface area contributed by atoms with Crippen LogP contribution in [0.2, 0.25) is 0 Å². The fourth-order valence-corrected chi connectivity index (χ4v) is 3.52. The number of imide groups is 1. The summed E-state index contributed by atoms with van der Waals surface area (Å²) in [5.74, 6) is -0.569. The second-order valence-corrected chi connectivity index (χ2v) is 7.19. The molecule has 2 aromatic heterocycles. The lowest BCUT2D eigenvalue weighted by atomic mass is 10.1. The van der Waals surface area contributed by atoms with Gasteiger partial charge in [-0.25, -0.2) is 14.2 Å². The van der Waals surface area contributed by atoms with Crippen LogP contribution in [0.1, 0.15) is 12.0 Å². The van der Waals surface area contributed by atoms with Crippen LogP contribution in [0.15, 0.2) is 41.6 Å². The number of benzene rings is 1. The largest absolute Gasteiger partial charge is 0.326 e. The number of nitrogens with zero attached hydrogens (tertiary/aromatic N) is 6. The molecule has 1 aromatic carbocycles. The van der Waals surface area contributed by atoms with E-state index in [-0.39, 0.29) is 42.8 Å². The van der Waals surface area contributed by atoms with Crippen molar-refractivity contribution in [1.82, 2.24) is 29.1 Å². The average molecular weight is 412 g/mol. The van der Waals surface area contributed by atoms with Gasteiger partial charge in [-0.2, -0.15) is 5.10 Å². The zero-order chi connectivity index (χ0) is 21.3. The number of urea groups is 1. The van der Waals surface area contributed by atoms with Crippen LogP contribution in [-0.4, -0.2) is 60.7 Å². The Morgan fingerprint density at radius 1 is 1.07 bits per heavy atom. The van der Waals surface area contributed by atoms with Gasteiger partial charge >= 0.3 is 6.03 Å². The maximum Gasteiger partial charge on any atom is 0.326 e. The van der Waals surface area contributed by atoms with E-state index in [0.29, 0.717) is 30.5 Å². The Morgan fingerprint density at radius 3 is 2.60 bits per heavy atom. The summed E-state index contributed by atoms with van der Waals surface area (Å²) in [7, 11) is 1.70. The van der Waals surface area contributed by atoms with Crippen molar-refractivity contribution in [2.75, 3.05) is 19.6 Å². The Morgan fingerprint density at radius 2 is 1.83 bits per heavy atom. The number of aryl methyl sites for hydroxylation is 1. The predicted octanol–water partition coefficient (Wildman–Crippen LogP) is 1.17. The Balaban J connectivity index is 1.42. The van der Waals surface area contributed by atoms with Crippen molar-refractivity contribution in [3.05, 3.63) is 58.5 Å². The highest BCUT2D eigenvalue weighted by atomic mass is 19.1. The third-order valence-electron chi connectivity index (χ3n) is 5.26. The van der Waals surface area contributed by atoms with E-state index < -0.39 is 0 Å². The Bertz CT molecular complexity index is 1150. The topological polar surface area (TPSA) is 93.3 Å². The standard InChI is InChI=1S/C20H21FN6O3/c1-24-18-16(12-23-24)19(29)26(13-22-18)10-11-27-17(28)7-9-25(20(27)30)8-6-14-2-4-15(21)5-3-14/h2-5,12-13H,6-11H2,1H3. The van der Waals surface area contributed by atoms with E-state index in [0.717, 1.165) is 5.56 Å². The van der Waals surface area contributed by atoms with Crippen LogP contribution < -0.4 is 5.56 Å². The lowest BCUT2D eigenvalue weighted by molar-refractivity contribution is -0.131. The van der Waals surface area contributed by atoms with E-state index in [9.17, 15) is 18.8 Å². The van der Waals surface area contributed by atoms with Gasteiger partial charge in [-0.05, 0) is 24.1 Å². The number of carbonyl (C=O) groups is 2. The first-order valence-electron chi connectivity index (χ1n) is 9.65. The van der Waals surface area contributed by atoms with Gasteiger partial charge in [0, 0.05) is 39.6 Å². The normalized spacial score (nSPS) is 14.7. The summed E-state index contributed by atoms with van der Waals surface area (Å²) in [6, 6.07) is 5.75. The maximum atomic E-state index is 13.0. The van der Waals surface area contributed by atoms with Gasteiger partial charge in [-0.3, -0.25) is 23.7 Å². The first kappa shape index (κ1) is 19.7. The molecule has 0 radical (unpaired) electrons. The van der Waals surface area contributed by atoms with E-state index in [2.05, 4.69) is 10.1 Å². The van der Waals surface area contributed by atoms with E-state index in [1.807, 2.05) is 0 Å². The molecule has 30 heavy (non-hydrogen) atoms. The molecule has 1 saturated heterocycles. The molecule has 0 saturated carbocycles. The minimum absolute atomic E-state index is 0.0814. The molecule has 0 spiro atoms. The second kappa shape index (κ2) is 8.05. The van der Waals surface area contributed by atoms with Gasteiger partial charge in [0.1, 0.15) is 17.5 Å². The second-order valence-electron chi connectivity index (χ2n) is 7.19. The predicted molar refractivity (Wildman–Crippen MR) is 106 cm³/mol. The molecule has 3 aromatic rings. The molecule has 1 fully saturated rings. The monoisotopic (exact) mass is 412 g/mol. The van der Waals surface area contributed by atoms with Gasteiger partial charge in [0.15, 0.2) is 5.65 Å². The van der Waals surface area contributed by atoms with Gasteiger partial charge in [-0.1, -0.05) is 12.1 Å². The summed E-state index contributed by atoms with van der Waals surface area (Å²) in [4.78, 5) is 44.7. The van der Waals surface area contributed by atoms with Gasteiger partial charge in [-0.15, -0.1) is 0 Å². The molecule has 0 unspecified atom stereocenters. The van der Waals surface area contributed by atoms with Crippen LogP contribution >= 0.6 is 0 Å². The highest BCUT2D eigenvalue weighted by molar-refractivity contribution is 5.96. The minimum atomic E-state index is -0.378. The minimum Gasteiger partial charge on any atom is -0.323 e. The number of hydrogen-bond acceptors (Lipinski definition) is 5. The van der Waals surface area contributed by atoms with Crippen LogP contribution in [0, 0.1) is 5.82 Å². The summed E-state index contributed by atoms with van der Waals surface area (Å²) in [6.45, 7) is 1.01. The zero-order valence-electron chi connectivity index (χ0n) is 16.5. The highest BCUT2D eigenvalue weighted by Gasteiger charge is 2.31.